The lowest BCUT2D eigenvalue weighted by Gasteiger charge is -2.60. The van der Waals surface area contributed by atoms with Crippen molar-refractivity contribution in [2.45, 2.75) is 43.7 Å². The van der Waals surface area contributed by atoms with E-state index in [0.29, 0.717) is 57.0 Å². The summed E-state index contributed by atoms with van der Waals surface area (Å²) in [6.07, 6.45) is 6.14. The number of amides is 2. The van der Waals surface area contributed by atoms with Crippen molar-refractivity contribution in [2.24, 2.45) is 17.8 Å². The second-order valence-corrected chi connectivity index (χ2v) is 15.0. The molecule has 2 aromatic carbocycles. The van der Waals surface area contributed by atoms with Crippen molar-refractivity contribution in [3.05, 3.63) is 48.5 Å². The number of hydrogen-bond donors (Lipinski definition) is 1. The van der Waals surface area contributed by atoms with Crippen LogP contribution in [0.5, 0.6) is 0 Å². The van der Waals surface area contributed by atoms with E-state index in [2.05, 4.69) is 40.1 Å². The fourth-order valence-corrected chi connectivity index (χ4v) is 9.68. The molecule has 0 radical (unpaired) electrons. The molecule has 8 rings (SSSR count). The number of carbonyl (C=O) groups excluding carboxylic acids is 1. The normalized spacial score (nSPS) is 31.3. The van der Waals surface area contributed by atoms with Gasteiger partial charge in [0, 0.05) is 63.7 Å². The molecule has 3 unspecified atom stereocenters. The maximum atomic E-state index is 14.0. The smallest absolute Gasteiger partial charge is 0.324 e. The highest BCUT2D eigenvalue weighted by Crippen LogP contribution is 2.57. The highest BCUT2D eigenvalue weighted by molar-refractivity contribution is 7.88. The number of aliphatic hydroxyl groups is 1. The van der Waals surface area contributed by atoms with Crippen LogP contribution in [0.25, 0.3) is 0 Å². The van der Waals surface area contributed by atoms with Crippen LogP contribution in [0.3, 0.4) is 0 Å². The number of fused-ring (bicyclic) bond motifs is 1. The molecule has 0 aromatic heterocycles. The number of urea groups is 1. The highest BCUT2D eigenvalue weighted by Gasteiger charge is 2.56. The van der Waals surface area contributed by atoms with Crippen molar-refractivity contribution in [2.75, 3.05) is 67.3 Å². The number of piperazine rings is 1. The van der Waals surface area contributed by atoms with Gasteiger partial charge in [-0.3, -0.25) is 4.90 Å². The second-order valence-electron chi connectivity index (χ2n) is 13.0. The van der Waals surface area contributed by atoms with Gasteiger partial charge in [0.05, 0.1) is 23.2 Å². The third kappa shape index (κ3) is 4.77. The Labute approximate surface area is 243 Å². The van der Waals surface area contributed by atoms with E-state index < -0.39 is 15.6 Å². The van der Waals surface area contributed by atoms with Crippen molar-refractivity contribution >= 4 is 38.8 Å². The largest absolute Gasteiger partial charge is 0.390 e. The fraction of sp³-hybridized carbons (Fsp3) is 0.581. The van der Waals surface area contributed by atoms with E-state index in [1.807, 2.05) is 35.0 Å². The van der Waals surface area contributed by atoms with Gasteiger partial charge >= 0.3 is 6.03 Å². The van der Waals surface area contributed by atoms with Crippen molar-refractivity contribution in [1.29, 1.82) is 0 Å². The van der Waals surface area contributed by atoms with Crippen molar-refractivity contribution in [3.63, 3.8) is 0 Å². The molecule has 2 amide bonds. The van der Waals surface area contributed by atoms with Crippen LogP contribution in [0.15, 0.2) is 48.5 Å². The molecule has 10 heteroatoms. The average Bonchev–Trinajstić information content (AvgIpc) is 2.95. The molecule has 1 N–H and O–H groups in total. The zero-order valence-corrected chi connectivity index (χ0v) is 24.8. The zero-order chi connectivity index (χ0) is 28.5. The Balaban J connectivity index is 1.07. The van der Waals surface area contributed by atoms with Crippen molar-refractivity contribution in [3.8, 4) is 0 Å². The van der Waals surface area contributed by atoms with Gasteiger partial charge in [-0.25, -0.2) is 13.2 Å². The molecular weight excluding hydrogens is 538 g/mol. The lowest BCUT2D eigenvalue weighted by atomic mass is 9.52. The van der Waals surface area contributed by atoms with Gasteiger partial charge in [-0.2, -0.15) is 4.31 Å². The Kier molecular flexibility index (Phi) is 6.52. The van der Waals surface area contributed by atoms with Gasteiger partial charge in [-0.05, 0) is 86.3 Å². The number of nitrogens with zero attached hydrogens (tertiary/aromatic N) is 5. The summed E-state index contributed by atoms with van der Waals surface area (Å²) in [6.45, 7) is 3.65. The first kappa shape index (κ1) is 27.0. The van der Waals surface area contributed by atoms with Crippen molar-refractivity contribution < 1.29 is 18.3 Å². The van der Waals surface area contributed by atoms with Gasteiger partial charge < -0.3 is 19.8 Å². The molecule has 6 aliphatic rings. The SMILES string of the molecule is CN(C(=O)N1CCN(c2ccc(N3CCN(S(C)(=O)=O)CC3)cc2)c2ccccc21)C1[C@@H]2CC3C[C@H]1CC(O)(C3)C2. The number of benzene rings is 2. The monoisotopic (exact) mass is 579 g/mol. The van der Waals surface area contributed by atoms with Crippen LogP contribution in [0, 0.1) is 17.8 Å². The molecule has 2 heterocycles. The Morgan fingerprint density at radius 2 is 1.46 bits per heavy atom. The molecule has 2 aromatic rings. The first-order valence-electron chi connectivity index (χ1n) is 15.0. The minimum Gasteiger partial charge on any atom is -0.390 e. The third-order valence-corrected chi connectivity index (χ3v) is 11.7. The van der Waals surface area contributed by atoms with Crippen LogP contribution in [-0.2, 0) is 10.0 Å². The number of carbonyl (C=O) groups is 1. The highest BCUT2D eigenvalue weighted by atomic mass is 32.2. The third-order valence-electron chi connectivity index (χ3n) is 10.4. The Hall–Kier alpha value is -2.82. The Morgan fingerprint density at radius 1 is 0.854 bits per heavy atom. The molecule has 0 spiro atoms. The number of rotatable bonds is 4. The van der Waals surface area contributed by atoms with Gasteiger partial charge in [0.1, 0.15) is 0 Å². The summed E-state index contributed by atoms with van der Waals surface area (Å²) in [5, 5.41) is 11.0. The predicted octanol–water partition coefficient (Wildman–Crippen LogP) is 3.72. The van der Waals surface area contributed by atoms with Gasteiger partial charge in [0.25, 0.3) is 0 Å². The van der Waals surface area contributed by atoms with Gasteiger partial charge in [0.15, 0.2) is 0 Å². The van der Waals surface area contributed by atoms with Gasteiger partial charge in [0.2, 0.25) is 10.0 Å². The topological polar surface area (TPSA) is 87.6 Å². The molecule has 5 fully saturated rings. The predicted molar refractivity (Wildman–Crippen MR) is 161 cm³/mol. The van der Waals surface area contributed by atoms with Crippen LogP contribution in [0.1, 0.15) is 32.1 Å². The van der Waals surface area contributed by atoms with Gasteiger partial charge in [-0.15, -0.1) is 0 Å². The van der Waals surface area contributed by atoms with Crippen LogP contribution < -0.4 is 14.7 Å². The van der Waals surface area contributed by atoms with E-state index in [1.165, 1.54) is 6.26 Å². The summed E-state index contributed by atoms with van der Waals surface area (Å²) in [7, 11) is -1.18. The number of hydrogen-bond acceptors (Lipinski definition) is 6. The van der Waals surface area contributed by atoms with E-state index in [9.17, 15) is 18.3 Å². The molecule has 9 nitrogen and oxygen atoms in total. The fourth-order valence-electron chi connectivity index (χ4n) is 8.85. The molecule has 220 valence electrons. The van der Waals surface area contributed by atoms with Crippen molar-refractivity contribution in [1.82, 2.24) is 9.21 Å². The van der Waals surface area contributed by atoms with E-state index in [-0.39, 0.29) is 12.1 Å². The summed E-state index contributed by atoms with van der Waals surface area (Å²) in [5.74, 6) is 1.40. The number of anilines is 4. The standard InChI is InChI=1S/C31H41N5O4S/c1-32(29-23-17-22-18-24(29)21-31(38,19-22)20-23)30(37)36-16-15-35(27-5-3-4-6-28(27)36)26-9-7-25(8-10-26)33-11-13-34(14-12-33)41(2,39)40/h3-10,22-24,29,38H,11-21H2,1-2H3/t22?,23-,24+,29?,31?. The van der Waals surface area contributed by atoms with Crippen LogP contribution >= 0.6 is 0 Å². The zero-order valence-electron chi connectivity index (χ0n) is 24.0. The molecule has 5 atom stereocenters. The van der Waals surface area contributed by atoms with E-state index in [0.717, 1.165) is 54.9 Å². The molecule has 2 aliphatic heterocycles. The quantitative estimate of drug-likeness (QED) is 0.594. The second kappa shape index (κ2) is 9.88. The minimum atomic E-state index is -3.15. The Morgan fingerprint density at radius 3 is 2.07 bits per heavy atom. The van der Waals surface area contributed by atoms with E-state index >= 15 is 0 Å². The van der Waals surface area contributed by atoms with E-state index in [4.69, 9.17) is 0 Å². The summed E-state index contributed by atoms with van der Waals surface area (Å²) in [4.78, 5) is 22.5. The lowest BCUT2D eigenvalue weighted by molar-refractivity contribution is -0.151. The first-order valence-corrected chi connectivity index (χ1v) is 16.9. The summed E-state index contributed by atoms with van der Waals surface area (Å²) < 4.78 is 25.3. The molecule has 4 bridgehead atoms. The molecular formula is C31H41N5O4S. The van der Waals surface area contributed by atoms with Gasteiger partial charge in [-0.1, -0.05) is 12.1 Å². The number of sulfonamides is 1. The first-order chi connectivity index (χ1) is 19.6. The molecule has 4 aliphatic carbocycles. The lowest BCUT2D eigenvalue weighted by Crippen LogP contribution is -2.63. The molecule has 4 saturated carbocycles. The van der Waals surface area contributed by atoms with Crippen LogP contribution in [0.4, 0.5) is 27.5 Å². The maximum Gasteiger partial charge on any atom is 0.324 e. The van der Waals surface area contributed by atoms with E-state index in [1.54, 1.807) is 4.31 Å². The average molecular weight is 580 g/mol. The minimum absolute atomic E-state index is 0.0603. The van der Waals surface area contributed by atoms with Crippen LogP contribution in [0.2, 0.25) is 0 Å². The summed E-state index contributed by atoms with van der Waals surface area (Å²) in [6, 6.07) is 16.9. The maximum absolute atomic E-state index is 14.0. The summed E-state index contributed by atoms with van der Waals surface area (Å²) >= 11 is 0. The number of para-hydroxylation sites is 2. The van der Waals surface area contributed by atoms with Crippen LogP contribution in [-0.4, -0.2) is 93.0 Å². The molecule has 1 saturated heterocycles. The summed E-state index contributed by atoms with van der Waals surface area (Å²) in [5.41, 5.74) is 3.61. The molecule has 41 heavy (non-hydrogen) atoms. The Bertz CT molecular complexity index is 1410.